The van der Waals surface area contributed by atoms with Crippen LogP contribution < -0.4 is 0 Å². The topological polar surface area (TPSA) is 75.4 Å². The summed E-state index contributed by atoms with van der Waals surface area (Å²) in [7, 11) is 0. The summed E-state index contributed by atoms with van der Waals surface area (Å²) in [4.78, 5) is 25.1. The summed E-state index contributed by atoms with van der Waals surface area (Å²) in [6, 6.07) is 0.0649. The van der Waals surface area contributed by atoms with E-state index in [0.29, 0.717) is 15.9 Å². The van der Waals surface area contributed by atoms with Crippen molar-refractivity contribution in [3.63, 3.8) is 0 Å². The number of carbonyl (C=O) groups is 2. The van der Waals surface area contributed by atoms with E-state index >= 15 is 0 Å². The summed E-state index contributed by atoms with van der Waals surface area (Å²) in [6.07, 6.45) is 1.67. The van der Waals surface area contributed by atoms with Gasteiger partial charge in [0.2, 0.25) is 5.91 Å². The van der Waals surface area contributed by atoms with E-state index in [1.54, 1.807) is 18.7 Å². The van der Waals surface area contributed by atoms with Crippen LogP contribution in [0.15, 0.2) is 0 Å². The zero-order valence-electron chi connectivity index (χ0n) is 13.4. The predicted octanol–water partition coefficient (Wildman–Crippen LogP) is 2.15. The molecule has 1 N–H and O–H groups in total. The van der Waals surface area contributed by atoms with Gasteiger partial charge in [-0.05, 0) is 26.7 Å². The molecule has 1 fully saturated rings. The molecule has 1 aliphatic carbocycles. The van der Waals surface area contributed by atoms with Crippen molar-refractivity contribution in [2.24, 2.45) is 5.92 Å². The Labute approximate surface area is 133 Å². The fourth-order valence-electron chi connectivity index (χ4n) is 2.61. The van der Waals surface area contributed by atoms with Crippen LogP contribution in [-0.4, -0.2) is 44.3 Å². The van der Waals surface area contributed by atoms with Gasteiger partial charge in [0.25, 0.3) is 0 Å². The van der Waals surface area contributed by atoms with Crippen LogP contribution in [0.2, 0.25) is 0 Å². The van der Waals surface area contributed by atoms with Gasteiger partial charge in [-0.1, -0.05) is 6.92 Å². The van der Waals surface area contributed by atoms with Crippen LogP contribution in [0.1, 0.15) is 43.3 Å². The molecule has 1 aliphatic rings. The molecular formula is C15H21F2N3O3. The summed E-state index contributed by atoms with van der Waals surface area (Å²) in [5.41, 5.74) is 1.16. The molecule has 23 heavy (non-hydrogen) atoms. The van der Waals surface area contributed by atoms with Gasteiger partial charge in [-0.15, -0.1) is 0 Å². The molecule has 1 heterocycles. The first-order valence-electron chi connectivity index (χ1n) is 7.57. The standard InChI is InChI=1S/C15H21F2N3O3/c1-8(14(22)23)7-19(11-4-5-11)13(21)6-12-9(2)18-20(10(12)3)15(16)17/h8,11,15H,4-7H2,1-3H3,(H,22,23). The van der Waals surface area contributed by atoms with Gasteiger partial charge >= 0.3 is 12.5 Å². The molecule has 0 saturated heterocycles. The second kappa shape index (κ2) is 6.64. The lowest BCUT2D eigenvalue weighted by atomic mass is 10.1. The molecule has 2 rings (SSSR count). The summed E-state index contributed by atoms with van der Waals surface area (Å²) >= 11 is 0. The number of rotatable bonds is 7. The number of aromatic nitrogens is 2. The number of hydrogen-bond acceptors (Lipinski definition) is 3. The Morgan fingerprint density at radius 3 is 2.43 bits per heavy atom. The highest BCUT2D eigenvalue weighted by atomic mass is 19.3. The van der Waals surface area contributed by atoms with Crippen LogP contribution in [0, 0.1) is 19.8 Å². The molecule has 0 aromatic carbocycles. The number of hydrogen-bond donors (Lipinski definition) is 1. The molecule has 0 radical (unpaired) electrons. The quantitative estimate of drug-likeness (QED) is 0.832. The van der Waals surface area contributed by atoms with E-state index in [2.05, 4.69) is 5.10 Å². The minimum absolute atomic E-state index is 0.0345. The van der Waals surface area contributed by atoms with E-state index < -0.39 is 18.4 Å². The van der Waals surface area contributed by atoms with Crippen molar-refractivity contribution in [1.82, 2.24) is 14.7 Å². The number of amides is 1. The molecule has 1 aromatic rings. The molecule has 128 valence electrons. The lowest BCUT2D eigenvalue weighted by Gasteiger charge is -2.24. The van der Waals surface area contributed by atoms with Gasteiger partial charge in [-0.2, -0.15) is 13.9 Å². The summed E-state index contributed by atoms with van der Waals surface area (Å²) in [5, 5.41) is 12.8. The first-order chi connectivity index (χ1) is 10.7. The van der Waals surface area contributed by atoms with Gasteiger partial charge in [0.05, 0.1) is 18.0 Å². The maximum absolute atomic E-state index is 12.9. The second-order valence-corrected chi connectivity index (χ2v) is 6.06. The lowest BCUT2D eigenvalue weighted by molar-refractivity contribution is -0.143. The molecule has 0 bridgehead atoms. The van der Waals surface area contributed by atoms with Crippen molar-refractivity contribution >= 4 is 11.9 Å². The van der Waals surface area contributed by atoms with Crippen LogP contribution in [0.3, 0.4) is 0 Å². The van der Waals surface area contributed by atoms with Gasteiger partial charge in [0.1, 0.15) is 0 Å². The monoisotopic (exact) mass is 329 g/mol. The highest BCUT2D eigenvalue weighted by Crippen LogP contribution is 2.29. The number of carbonyl (C=O) groups excluding carboxylic acids is 1. The highest BCUT2D eigenvalue weighted by Gasteiger charge is 2.35. The van der Waals surface area contributed by atoms with E-state index in [1.807, 2.05) is 0 Å². The Morgan fingerprint density at radius 1 is 1.39 bits per heavy atom. The average Bonchev–Trinajstić information content (AvgIpc) is 3.26. The Hall–Kier alpha value is -1.99. The van der Waals surface area contributed by atoms with E-state index in [9.17, 15) is 18.4 Å². The van der Waals surface area contributed by atoms with E-state index in [-0.39, 0.29) is 30.6 Å². The molecule has 1 aromatic heterocycles. The maximum atomic E-state index is 12.9. The average molecular weight is 329 g/mol. The molecule has 1 unspecified atom stereocenters. The number of aliphatic carboxylic acids is 1. The molecule has 1 saturated carbocycles. The Balaban J connectivity index is 2.14. The minimum atomic E-state index is -2.75. The zero-order valence-corrected chi connectivity index (χ0v) is 13.4. The smallest absolute Gasteiger partial charge is 0.333 e. The van der Waals surface area contributed by atoms with Gasteiger partial charge in [-0.3, -0.25) is 9.59 Å². The van der Waals surface area contributed by atoms with E-state index in [4.69, 9.17) is 5.11 Å². The minimum Gasteiger partial charge on any atom is -0.481 e. The largest absolute Gasteiger partial charge is 0.481 e. The van der Waals surface area contributed by atoms with Crippen molar-refractivity contribution in [1.29, 1.82) is 0 Å². The van der Waals surface area contributed by atoms with Crippen LogP contribution >= 0.6 is 0 Å². The number of carboxylic acids is 1. The third-order valence-corrected chi connectivity index (χ3v) is 4.19. The van der Waals surface area contributed by atoms with Crippen LogP contribution in [0.5, 0.6) is 0 Å². The third-order valence-electron chi connectivity index (χ3n) is 4.19. The molecule has 1 atom stereocenters. The number of halogens is 2. The van der Waals surface area contributed by atoms with Crippen molar-refractivity contribution in [3.05, 3.63) is 17.0 Å². The Morgan fingerprint density at radius 2 is 2.00 bits per heavy atom. The molecule has 8 heteroatoms. The van der Waals surface area contributed by atoms with Crippen molar-refractivity contribution in [3.8, 4) is 0 Å². The lowest BCUT2D eigenvalue weighted by Crippen LogP contribution is -2.39. The molecular weight excluding hydrogens is 308 g/mol. The first kappa shape index (κ1) is 17.4. The van der Waals surface area contributed by atoms with Gasteiger partial charge in [0, 0.05) is 23.8 Å². The third kappa shape index (κ3) is 3.86. The van der Waals surface area contributed by atoms with Crippen molar-refractivity contribution in [2.45, 2.75) is 52.6 Å². The predicted molar refractivity (Wildman–Crippen MR) is 78.2 cm³/mol. The van der Waals surface area contributed by atoms with E-state index in [1.165, 1.54) is 6.92 Å². The molecule has 0 aliphatic heterocycles. The molecule has 0 spiro atoms. The van der Waals surface area contributed by atoms with Crippen LogP contribution in [-0.2, 0) is 16.0 Å². The molecule has 1 amide bonds. The fraction of sp³-hybridized carbons (Fsp3) is 0.667. The molecule has 6 nitrogen and oxygen atoms in total. The second-order valence-electron chi connectivity index (χ2n) is 6.06. The Bertz CT molecular complexity index is 611. The maximum Gasteiger partial charge on any atom is 0.333 e. The van der Waals surface area contributed by atoms with E-state index in [0.717, 1.165) is 12.8 Å². The van der Waals surface area contributed by atoms with Gasteiger partial charge in [-0.25, -0.2) is 4.68 Å². The van der Waals surface area contributed by atoms with Crippen molar-refractivity contribution < 1.29 is 23.5 Å². The van der Waals surface area contributed by atoms with Crippen molar-refractivity contribution in [2.75, 3.05) is 6.54 Å². The van der Waals surface area contributed by atoms with Crippen LogP contribution in [0.25, 0.3) is 0 Å². The Kier molecular flexibility index (Phi) is 5.01. The highest BCUT2D eigenvalue weighted by molar-refractivity contribution is 5.80. The zero-order chi connectivity index (χ0) is 17.3. The van der Waals surface area contributed by atoms with Crippen LogP contribution in [0.4, 0.5) is 8.78 Å². The fourth-order valence-corrected chi connectivity index (χ4v) is 2.61. The summed E-state index contributed by atoms with van der Waals surface area (Å²) < 4.78 is 26.3. The van der Waals surface area contributed by atoms with Gasteiger partial charge < -0.3 is 10.0 Å². The van der Waals surface area contributed by atoms with Gasteiger partial charge in [0.15, 0.2) is 0 Å². The number of carboxylic acid groups (broad SMARTS) is 1. The normalized spacial score (nSPS) is 15.7. The number of nitrogens with zero attached hydrogens (tertiary/aromatic N) is 3. The summed E-state index contributed by atoms with van der Waals surface area (Å²) in [5.74, 6) is -1.85. The summed E-state index contributed by atoms with van der Waals surface area (Å²) in [6.45, 7) is 2.05. The number of aryl methyl sites for hydroxylation is 1. The number of alkyl halides is 2. The first-order valence-corrected chi connectivity index (χ1v) is 7.57. The SMILES string of the molecule is Cc1nn(C(F)F)c(C)c1CC(=O)N(CC(C)C(=O)O)C1CC1.